The first-order chi connectivity index (χ1) is 8.94. The lowest BCUT2D eigenvalue weighted by molar-refractivity contribution is 0.0911. The van der Waals surface area contributed by atoms with Gasteiger partial charge in [-0.3, -0.25) is 4.79 Å². The minimum atomic E-state index is 0.0516. The molecule has 0 aliphatic heterocycles. The van der Waals surface area contributed by atoms with Crippen molar-refractivity contribution in [3.05, 3.63) is 33.8 Å². The van der Waals surface area contributed by atoms with Crippen molar-refractivity contribution in [1.29, 1.82) is 0 Å². The van der Waals surface area contributed by atoms with Gasteiger partial charge in [-0.05, 0) is 61.8 Å². The molecule has 1 fully saturated rings. The summed E-state index contributed by atoms with van der Waals surface area (Å²) in [6.45, 7) is 6.56. The van der Waals surface area contributed by atoms with E-state index in [1.807, 2.05) is 25.1 Å². The number of rotatable bonds is 2. The molecular formula is C16H22BrNO. The summed E-state index contributed by atoms with van der Waals surface area (Å²) in [5, 5.41) is 3.19. The van der Waals surface area contributed by atoms with Crippen LogP contribution >= 0.6 is 15.9 Å². The molecule has 0 radical (unpaired) electrons. The Morgan fingerprint density at radius 1 is 1.16 bits per heavy atom. The third kappa shape index (κ3) is 4.07. The minimum Gasteiger partial charge on any atom is -0.349 e. The molecule has 104 valence electrons. The lowest BCUT2D eigenvalue weighted by Crippen LogP contribution is -2.40. The number of aryl methyl sites for hydroxylation is 1. The van der Waals surface area contributed by atoms with E-state index in [9.17, 15) is 4.79 Å². The molecule has 1 aromatic carbocycles. The van der Waals surface area contributed by atoms with Crippen molar-refractivity contribution in [2.24, 2.45) is 11.8 Å². The predicted molar refractivity (Wildman–Crippen MR) is 82.3 cm³/mol. The minimum absolute atomic E-state index is 0.0516. The van der Waals surface area contributed by atoms with E-state index in [1.165, 1.54) is 6.42 Å². The highest BCUT2D eigenvalue weighted by Gasteiger charge is 2.25. The van der Waals surface area contributed by atoms with E-state index in [4.69, 9.17) is 0 Å². The van der Waals surface area contributed by atoms with E-state index in [0.29, 0.717) is 17.9 Å². The number of nitrogens with one attached hydrogen (secondary N) is 1. The molecule has 0 bridgehead atoms. The highest BCUT2D eigenvalue weighted by molar-refractivity contribution is 9.10. The molecule has 3 heteroatoms. The van der Waals surface area contributed by atoms with E-state index < -0.39 is 0 Å². The monoisotopic (exact) mass is 323 g/mol. The zero-order chi connectivity index (χ0) is 14.0. The maximum Gasteiger partial charge on any atom is 0.251 e. The molecule has 1 N–H and O–H groups in total. The van der Waals surface area contributed by atoms with Crippen LogP contribution in [-0.4, -0.2) is 11.9 Å². The van der Waals surface area contributed by atoms with Gasteiger partial charge in [0.25, 0.3) is 5.91 Å². The van der Waals surface area contributed by atoms with Crippen molar-refractivity contribution in [1.82, 2.24) is 5.32 Å². The molecule has 0 saturated heterocycles. The van der Waals surface area contributed by atoms with E-state index in [0.717, 1.165) is 28.4 Å². The van der Waals surface area contributed by atoms with Crippen molar-refractivity contribution in [3.63, 3.8) is 0 Å². The zero-order valence-corrected chi connectivity index (χ0v) is 13.5. The number of carbonyl (C=O) groups excluding carboxylic acids is 1. The fraction of sp³-hybridized carbons (Fsp3) is 0.562. The molecule has 1 saturated carbocycles. The largest absolute Gasteiger partial charge is 0.349 e. The van der Waals surface area contributed by atoms with Gasteiger partial charge in [-0.2, -0.15) is 0 Å². The van der Waals surface area contributed by atoms with Gasteiger partial charge in [-0.25, -0.2) is 0 Å². The van der Waals surface area contributed by atoms with Gasteiger partial charge in [0.15, 0.2) is 0 Å². The summed E-state index contributed by atoms with van der Waals surface area (Å²) in [5.74, 6) is 1.47. The van der Waals surface area contributed by atoms with Gasteiger partial charge in [0.05, 0.1) is 0 Å². The summed E-state index contributed by atoms with van der Waals surface area (Å²) in [6, 6.07) is 6.17. The Balaban J connectivity index is 2.04. The number of benzene rings is 1. The van der Waals surface area contributed by atoms with E-state index in [2.05, 4.69) is 35.1 Å². The molecular weight excluding hydrogens is 302 g/mol. The average molecular weight is 324 g/mol. The van der Waals surface area contributed by atoms with Crippen LogP contribution in [0.2, 0.25) is 0 Å². The van der Waals surface area contributed by atoms with Crippen molar-refractivity contribution in [2.45, 2.75) is 46.1 Å². The first-order valence-electron chi connectivity index (χ1n) is 7.02. The molecule has 1 aliphatic rings. The van der Waals surface area contributed by atoms with Gasteiger partial charge in [-0.1, -0.05) is 29.8 Å². The molecule has 0 aromatic heterocycles. The SMILES string of the molecule is Cc1cc(Br)cc(C(=O)NC2CC(C)CC(C)C2)c1. The molecule has 1 aromatic rings. The van der Waals surface area contributed by atoms with Crippen LogP contribution in [0, 0.1) is 18.8 Å². The van der Waals surface area contributed by atoms with Crippen molar-refractivity contribution in [2.75, 3.05) is 0 Å². The van der Waals surface area contributed by atoms with Crippen LogP contribution in [0.3, 0.4) is 0 Å². The summed E-state index contributed by atoms with van der Waals surface area (Å²) in [7, 11) is 0. The molecule has 1 amide bonds. The Labute approximate surface area is 124 Å². The van der Waals surface area contributed by atoms with Crippen LogP contribution in [0.4, 0.5) is 0 Å². The first kappa shape index (κ1) is 14.6. The van der Waals surface area contributed by atoms with Gasteiger partial charge in [-0.15, -0.1) is 0 Å². The van der Waals surface area contributed by atoms with Crippen LogP contribution in [0.25, 0.3) is 0 Å². The lowest BCUT2D eigenvalue weighted by atomic mass is 9.80. The summed E-state index contributed by atoms with van der Waals surface area (Å²) in [6.07, 6.45) is 3.48. The molecule has 2 nitrogen and oxygen atoms in total. The molecule has 2 unspecified atom stereocenters. The Morgan fingerprint density at radius 3 is 2.37 bits per heavy atom. The topological polar surface area (TPSA) is 29.1 Å². The Hall–Kier alpha value is -0.830. The average Bonchev–Trinajstić information content (AvgIpc) is 2.25. The van der Waals surface area contributed by atoms with Gasteiger partial charge >= 0.3 is 0 Å². The predicted octanol–water partition coefficient (Wildman–Crippen LogP) is 4.31. The normalized spacial score (nSPS) is 27.1. The van der Waals surface area contributed by atoms with Crippen LogP contribution in [0.15, 0.2) is 22.7 Å². The second-order valence-corrected chi connectivity index (χ2v) is 7.02. The third-order valence-corrected chi connectivity index (χ3v) is 4.28. The first-order valence-corrected chi connectivity index (χ1v) is 7.81. The van der Waals surface area contributed by atoms with Crippen LogP contribution < -0.4 is 5.32 Å². The lowest BCUT2D eigenvalue weighted by Gasteiger charge is -2.32. The van der Waals surface area contributed by atoms with Crippen molar-refractivity contribution in [3.8, 4) is 0 Å². The highest BCUT2D eigenvalue weighted by Crippen LogP contribution is 2.28. The number of carbonyl (C=O) groups is 1. The fourth-order valence-electron chi connectivity index (χ4n) is 3.20. The van der Waals surface area contributed by atoms with E-state index in [1.54, 1.807) is 0 Å². The standard InChI is InChI=1S/C16H22BrNO/c1-10-4-11(2)8-15(7-10)18-16(19)13-5-12(3)6-14(17)9-13/h5-6,9-11,15H,4,7-8H2,1-3H3,(H,18,19). The smallest absolute Gasteiger partial charge is 0.251 e. The maximum atomic E-state index is 12.3. The number of hydrogen-bond acceptors (Lipinski definition) is 1. The fourth-order valence-corrected chi connectivity index (χ4v) is 3.81. The Kier molecular flexibility index (Phi) is 4.67. The molecule has 0 spiro atoms. The van der Waals surface area contributed by atoms with Gasteiger partial charge in [0, 0.05) is 16.1 Å². The number of halogens is 1. The van der Waals surface area contributed by atoms with Crippen molar-refractivity contribution < 1.29 is 4.79 Å². The Bertz CT molecular complexity index is 442. The van der Waals surface area contributed by atoms with Crippen LogP contribution in [0.1, 0.15) is 49.0 Å². The Morgan fingerprint density at radius 2 is 1.79 bits per heavy atom. The molecule has 1 aliphatic carbocycles. The van der Waals surface area contributed by atoms with E-state index >= 15 is 0 Å². The molecule has 2 rings (SSSR count). The summed E-state index contributed by atoms with van der Waals surface area (Å²) < 4.78 is 0.961. The molecule has 19 heavy (non-hydrogen) atoms. The number of amides is 1. The third-order valence-electron chi connectivity index (χ3n) is 3.82. The molecule has 2 atom stereocenters. The second kappa shape index (κ2) is 6.08. The molecule has 0 heterocycles. The highest BCUT2D eigenvalue weighted by atomic mass is 79.9. The van der Waals surface area contributed by atoms with Crippen LogP contribution in [0.5, 0.6) is 0 Å². The number of hydrogen-bond donors (Lipinski definition) is 1. The summed E-state index contributed by atoms with van der Waals surface area (Å²) in [4.78, 5) is 12.3. The maximum absolute atomic E-state index is 12.3. The van der Waals surface area contributed by atoms with Gasteiger partial charge < -0.3 is 5.32 Å². The van der Waals surface area contributed by atoms with Crippen LogP contribution in [-0.2, 0) is 0 Å². The van der Waals surface area contributed by atoms with E-state index in [-0.39, 0.29) is 5.91 Å². The summed E-state index contributed by atoms with van der Waals surface area (Å²) in [5.41, 5.74) is 1.85. The van der Waals surface area contributed by atoms with Gasteiger partial charge in [0.2, 0.25) is 0 Å². The van der Waals surface area contributed by atoms with Gasteiger partial charge in [0.1, 0.15) is 0 Å². The quantitative estimate of drug-likeness (QED) is 0.863. The summed E-state index contributed by atoms with van der Waals surface area (Å²) >= 11 is 3.45. The van der Waals surface area contributed by atoms with Crippen molar-refractivity contribution >= 4 is 21.8 Å². The zero-order valence-electron chi connectivity index (χ0n) is 11.9. The second-order valence-electron chi connectivity index (χ2n) is 6.11.